The third-order valence-corrected chi connectivity index (χ3v) is 7.94. The van der Waals surface area contributed by atoms with Crippen molar-refractivity contribution in [2.75, 3.05) is 0 Å². The lowest BCUT2D eigenvalue weighted by atomic mass is 9.80. The molecule has 1 aromatic heterocycles. The molecule has 0 aliphatic carbocycles. The number of carbonyl (C=O) groups is 1. The summed E-state index contributed by atoms with van der Waals surface area (Å²) in [4.78, 5) is 27.7. The molecule has 3 unspecified atom stereocenters. The molecule has 0 bridgehead atoms. The van der Waals surface area contributed by atoms with Crippen LogP contribution in [0.3, 0.4) is 0 Å². The number of carboxylic acids is 1. The molecule has 5 nitrogen and oxygen atoms in total. The number of carboxylic acid groups (broad SMARTS) is 1. The SMILES string of the molecule is CCCCCCC(C(C)(C(=O)O)c1ccccn1)P(=O)(O)Cc1ccccc1. The molecule has 2 N–H and O–H groups in total. The Balaban J connectivity index is 2.43. The van der Waals surface area contributed by atoms with Crippen molar-refractivity contribution >= 4 is 13.3 Å². The summed E-state index contributed by atoms with van der Waals surface area (Å²) in [6.45, 7) is 3.63. The molecule has 152 valence electrons. The second-order valence-corrected chi connectivity index (χ2v) is 9.94. The predicted molar refractivity (Wildman–Crippen MR) is 112 cm³/mol. The van der Waals surface area contributed by atoms with Gasteiger partial charge in [0.1, 0.15) is 5.41 Å². The summed E-state index contributed by atoms with van der Waals surface area (Å²) in [6.07, 6.45) is 5.56. The molecule has 2 rings (SSSR count). The van der Waals surface area contributed by atoms with Gasteiger partial charge in [0.25, 0.3) is 0 Å². The lowest BCUT2D eigenvalue weighted by Gasteiger charge is -2.36. The number of nitrogens with zero attached hydrogens (tertiary/aromatic N) is 1. The van der Waals surface area contributed by atoms with Crippen molar-refractivity contribution in [3.05, 3.63) is 66.0 Å². The summed E-state index contributed by atoms with van der Waals surface area (Å²) in [5, 5.41) is 10.1. The van der Waals surface area contributed by atoms with E-state index in [0.29, 0.717) is 18.5 Å². The molecule has 6 heteroatoms. The third-order valence-electron chi connectivity index (χ3n) is 5.38. The highest BCUT2D eigenvalue weighted by atomic mass is 31.2. The van der Waals surface area contributed by atoms with Crippen LogP contribution in [0.15, 0.2) is 54.7 Å². The maximum absolute atomic E-state index is 13.5. The van der Waals surface area contributed by atoms with Crippen molar-refractivity contribution in [3.8, 4) is 0 Å². The summed E-state index contributed by atoms with van der Waals surface area (Å²) in [6, 6.07) is 14.2. The second kappa shape index (κ2) is 9.99. The van der Waals surface area contributed by atoms with Crippen molar-refractivity contribution in [2.45, 2.75) is 63.2 Å². The average molecular weight is 403 g/mol. The number of hydrogen-bond donors (Lipinski definition) is 2. The fraction of sp³-hybridized carbons (Fsp3) is 0.455. The quantitative estimate of drug-likeness (QED) is 0.396. The Bertz CT molecular complexity index is 797. The molecular weight excluding hydrogens is 373 g/mol. The maximum atomic E-state index is 13.5. The molecule has 0 spiro atoms. The highest BCUT2D eigenvalue weighted by Crippen LogP contribution is 2.58. The van der Waals surface area contributed by atoms with Crippen LogP contribution in [0, 0.1) is 0 Å². The zero-order chi connectivity index (χ0) is 20.6. The molecule has 0 saturated carbocycles. The van der Waals surface area contributed by atoms with Gasteiger partial charge in [0.05, 0.1) is 11.4 Å². The van der Waals surface area contributed by atoms with Crippen molar-refractivity contribution in [1.82, 2.24) is 4.98 Å². The largest absolute Gasteiger partial charge is 0.481 e. The van der Waals surface area contributed by atoms with E-state index in [0.717, 1.165) is 24.8 Å². The highest BCUT2D eigenvalue weighted by Gasteiger charge is 2.51. The first-order valence-electron chi connectivity index (χ1n) is 9.82. The molecule has 0 aliphatic rings. The van der Waals surface area contributed by atoms with Crippen LogP contribution in [0.25, 0.3) is 0 Å². The summed E-state index contributed by atoms with van der Waals surface area (Å²) in [5.74, 6) is -1.12. The standard InChI is InChI=1S/C22H30NO4P/c1-3-4-5-9-15-20(28(26,27)17-18-12-7-6-8-13-18)22(2,21(24)25)19-14-10-11-16-23-19/h6-8,10-14,16,20H,3-5,9,15,17H2,1-2H3,(H,24,25)(H,26,27). The lowest BCUT2D eigenvalue weighted by molar-refractivity contribution is -0.143. The number of unbranched alkanes of at least 4 members (excludes halogenated alkanes) is 3. The summed E-state index contributed by atoms with van der Waals surface area (Å²) < 4.78 is 13.5. The molecule has 1 heterocycles. The summed E-state index contributed by atoms with van der Waals surface area (Å²) in [7, 11) is -3.83. The van der Waals surface area contributed by atoms with Crippen LogP contribution in [-0.4, -0.2) is 26.6 Å². The van der Waals surface area contributed by atoms with E-state index in [1.54, 1.807) is 30.3 Å². The number of rotatable bonds is 11. The van der Waals surface area contributed by atoms with E-state index < -0.39 is 24.4 Å². The Labute approximate surface area is 167 Å². The van der Waals surface area contributed by atoms with E-state index in [-0.39, 0.29) is 6.16 Å². The Kier molecular flexibility index (Phi) is 7.97. The van der Waals surface area contributed by atoms with Crippen LogP contribution in [-0.2, 0) is 20.9 Å². The fourth-order valence-electron chi connectivity index (χ4n) is 3.71. The van der Waals surface area contributed by atoms with Crippen molar-refractivity contribution in [1.29, 1.82) is 0 Å². The Hall–Kier alpha value is -1.97. The zero-order valence-corrected chi connectivity index (χ0v) is 17.5. The van der Waals surface area contributed by atoms with Crippen LogP contribution >= 0.6 is 7.37 Å². The molecule has 0 radical (unpaired) electrons. The molecule has 3 atom stereocenters. The maximum Gasteiger partial charge on any atom is 0.316 e. The minimum atomic E-state index is -3.83. The van der Waals surface area contributed by atoms with Crippen LogP contribution in [0.1, 0.15) is 57.2 Å². The van der Waals surface area contributed by atoms with Crippen LogP contribution in [0.4, 0.5) is 0 Å². The van der Waals surface area contributed by atoms with Gasteiger partial charge in [-0.2, -0.15) is 0 Å². The molecule has 2 aromatic rings. The topological polar surface area (TPSA) is 87.5 Å². The van der Waals surface area contributed by atoms with Gasteiger partial charge in [-0.3, -0.25) is 14.3 Å². The van der Waals surface area contributed by atoms with Crippen molar-refractivity contribution in [2.24, 2.45) is 0 Å². The van der Waals surface area contributed by atoms with Gasteiger partial charge in [0.2, 0.25) is 7.37 Å². The van der Waals surface area contributed by atoms with Gasteiger partial charge in [-0.05, 0) is 31.0 Å². The van der Waals surface area contributed by atoms with Crippen LogP contribution in [0.2, 0.25) is 0 Å². The van der Waals surface area contributed by atoms with Gasteiger partial charge < -0.3 is 10.00 Å². The zero-order valence-electron chi connectivity index (χ0n) is 16.6. The Morgan fingerprint density at radius 1 is 1.11 bits per heavy atom. The first kappa shape index (κ1) is 22.3. The molecule has 28 heavy (non-hydrogen) atoms. The minimum absolute atomic E-state index is 0.0397. The molecule has 0 saturated heterocycles. The first-order chi connectivity index (χ1) is 13.3. The molecule has 0 aliphatic heterocycles. The Morgan fingerprint density at radius 2 is 1.79 bits per heavy atom. The van der Waals surface area contributed by atoms with Gasteiger partial charge >= 0.3 is 5.97 Å². The van der Waals surface area contributed by atoms with Gasteiger partial charge in [-0.1, -0.05) is 69.0 Å². The van der Waals surface area contributed by atoms with E-state index in [4.69, 9.17) is 0 Å². The molecular formula is C22H30NO4P. The predicted octanol–water partition coefficient (Wildman–Crippen LogP) is 5.23. The Morgan fingerprint density at radius 3 is 2.36 bits per heavy atom. The monoisotopic (exact) mass is 403 g/mol. The first-order valence-corrected chi connectivity index (χ1v) is 11.7. The number of hydrogen-bond acceptors (Lipinski definition) is 3. The van der Waals surface area contributed by atoms with Gasteiger partial charge in [0, 0.05) is 12.4 Å². The van der Waals surface area contributed by atoms with Crippen molar-refractivity contribution in [3.63, 3.8) is 0 Å². The fourth-order valence-corrected chi connectivity index (χ4v) is 6.30. The van der Waals surface area contributed by atoms with Gasteiger partial charge in [-0.15, -0.1) is 0 Å². The van der Waals surface area contributed by atoms with E-state index >= 15 is 0 Å². The molecule has 0 fully saturated rings. The smallest absolute Gasteiger partial charge is 0.316 e. The third kappa shape index (κ3) is 5.30. The van der Waals surface area contributed by atoms with E-state index in [1.807, 2.05) is 18.2 Å². The summed E-state index contributed by atoms with van der Waals surface area (Å²) in [5.41, 5.74) is -1.39. The van der Waals surface area contributed by atoms with E-state index in [1.165, 1.54) is 13.1 Å². The number of aromatic nitrogens is 1. The number of aliphatic carboxylic acids is 1. The normalized spacial score (nSPS) is 16.7. The van der Waals surface area contributed by atoms with E-state index in [9.17, 15) is 19.4 Å². The van der Waals surface area contributed by atoms with Crippen LogP contribution < -0.4 is 0 Å². The van der Waals surface area contributed by atoms with Gasteiger partial charge in [-0.25, -0.2) is 0 Å². The molecule has 0 amide bonds. The van der Waals surface area contributed by atoms with E-state index in [2.05, 4.69) is 11.9 Å². The van der Waals surface area contributed by atoms with Crippen LogP contribution in [0.5, 0.6) is 0 Å². The number of benzene rings is 1. The van der Waals surface area contributed by atoms with Gasteiger partial charge in [0.15, 0.2) is 0 Å². The average Bonchev–Trinajstić information content (AvgIpc) is 2.68. The lowest BCUT2D eigenvalue weighted by Crippen LogP contribution is -2.45. The highest BCUT2D eigenvalue weighted by molar-refractivity contribution is 7.58. The van der Waals surface area contributed by atoms with Crippen molar-refractivity contribution < 1.29 is 19.4 Å². The number of pyridine rings is 1. The molecule has 1 aromatic carbocycles. The summed E-state index contributed by atoms with van der Waals surface area (Å²) >= 11 is 0. The second-order valence-electron chi connectivity index (χ2n) is 7.49. The minimum Gasteiger partial charge on any atom is -0.481 e.